The largest absolute Gasteiger partial charge is 0.353 e. The van der Waals surface area contributed by atoms with E-state index >= 15 is 0 Å². The summed E-state index contributed by atoms with van der Waals surface area (Å²) in [5, 5.41) is 0. The topological polar surface area (TPSA) is 18.5 Å². The molecule has 11 heavy (non-hydrogen) atoms. The highest BCUT2D eigenvalue weighted by Gasteiger charge is 2.13. The molecule has 2 unspecified atom stereocenters. The van der Waals surface area contributed by atoms with E-state index < -0.39 is 0 Å². The summed E-state index contributed by atoms with van der Waals surface area (Å²) in [6.07, 6.45) is 2.68. The van der Waals surface area contributed by atoms with Gasteiger partial charge in [0.25, 0.3) is 0 Å². The molecule has 1 aliphatic rings. The minimum atomic E-state index is 0.0127. The van der Waals surface area contributed by atoms with E-state index in [1.165, 1.54) is 6.42 Å². The van der Waals surface area contributed by atoms with Gasteiger partial charge in [-0.1, -0.05) is 20.3 Å². The van der Waals surface area contributed by atoms with Crippen LogP contribution in [0.25, 0.3) is 0 Å². The van der Waals surface area contributed by atoms with Gasteiger partial charge in [0.15, 0.2) is 6.29 Å². The lowest BCUT2D eigenvalue weighted by atomic mass is 10.3. The molecule has 0 radical (unpaired) electrons. The van der Waals surface area contributed by atoms with Crippen molar-refractivity contribution in [1.82, 2.24) is 0 Å². The van der Waals surface area contributed by atoms with Gasteiger partial charge in [-0.3, -0.25) is 0 Å². The molecule has 2 nitrogen and oxygen atoms in total. The highest BCUT2D eigenvalue weighted by molar-refractivity contribution is 4.54. The molecule has 0 amide bonds. The van der Waals surface area contributed by atoms with Gasteiger partial charge in [0.1, 0.15) is 0 Å². The van der Waals surface area contributed by atoms with Gasteiger partial charge in [0.2, 0.25) is 0 Å². The summed E-state index contributed by atoms with van der Waals surface area (Å²) in [5.41, 5.74) is 0. The molecule has 1 fully saturated rings. The zero-order chi connectivity index (χ0) is 8.69. The van der Waals surface area contributed by atoms with Crippen LogP contribution in [0.2, 0.25) is 0 Å². The summed E-state index contributed by atoms with van der Waals surface area (Å²) in [7, 11) is 0. The Morgan fingerprint density at radius 2 is 1.82 bits per heavy atom. The molecule has 1 aliphatic heterocycles. The minimum Gasteiger partial charge on any atom is -0.353 e. The molecule has 2 heteroatoms. The van der Waals surface area contributed by atoms with Crippen molar-refractivity contribution in [2.75, 3.05) is 6.61 Å². The second-order valence-electron chi connectivity index (χ2n) is 2.88. The lowest BCUT2D eigenvalue weighted by Gasteiger charge is -2.24. The zero-order valence-electron chi connectivity index (χ0n) is 8.09. The first-order chi connectivity index (χ1) is 5.20. The molecule has 0 aromatic carbocycles. The lowest BCUT2D eigenvalue weighted by molar-refractivity contribution is -0.197. The van der Waals surface area contributed by atoms with E-state index in [4.69, 9.17) is 9.47 Å². The zero-order valence-corrected chi connectivity index (χ0v) is 8.09. The Balaban J connectivity index is 0.000000292. The van der Waals surface area contributed by atoms with Gasteiger partial charge < -0.3 is 9.47 Å². The average Bonchev–Trinajstić information content (AvgIpc) is 1.88. The Hall–Kier alpha value is -0.0800. The maximum absolute atomic E-state index is 5.26. The second-order valence-corrected chi connectivity index (χ2v) is 2.88. The van der Waals surface area contributed by atoms with Crippen LogP contribution in [0.1, 0.15) is 40.5 Å². The van der Waals surface area contributed by atoms with Crippen LogP contribution in [0.4, 0.5) is 0 Å². The van der Waals surface area contributed by atoms with E-state index in [-0.39, 0.29) is 6.29 Å². The molecule has 2 atom stereocenters. The number of hydrogen-bond donors (Lipinski definition) is 0. The van der Waals surface area contributed by atoms with Crippen molar-refractivity contribution in [1.29, 1.82) is 0 Å². The SMILES string of the molecule is CC1CCOC(C)O1.CCC. The van der Waals surface area contributed by atoms with Crippen LogP contribution >= 0.6 is 0 Å². The molecule has 0 bridgehead atoms. The summed E-state index contributed by atoms with van der Waals surface area (Å²) >= 11 is 0. The highest BCUT2D eigenvalue weighted by atomic mass is 16.7. The molecule has 1 rings (SSSR count). The molecule has 0 aromatic rings. The van der Waals surface area contributed by atoms with E-state index in [0.29, 0.717) is 6.10 Å². The maximum atomic E-state index is 5.26. The van der Waals surface area contributed by atoms with Crippen molar-refractivity contribution in [3.63, 3.8) is 0 Å². The van der Waals surface area contributed by atoms with Crippen molar-refractivity contribution < 1.29 is 9.47 Å². The second kappa shape index (κ2) is 6.62. The number of ether oxygens (including phenoxy) is 2. The lowest BCUT2D eigenvalue weighted by Crippen LogP contribution is -2.27. The molecular weight excluding hydrogens is 140 g/mol. The first-order valence-corrected chi connectivity index (χ1v) is 4.47. The Morgan fingerprint density at radius 3 is 2.09 bits per heavy atom. The molecule has 0 spiro atoms. The van der Waals surface area contributed by atoms with Crippen LogP contribution in [0.3, 0.4) is 0 Å². The van der Waals surface area contributed by atoms with Crippen LogP contribution < -0.4 is 0 Å². The molecule has 1 saturated heterocycles. The Labute approximate surface area is 69.9 Å². The van der Waals surface area contributed by atoms with Crippen LogP contribution in [0.5, 0.6) is 0 Å². The van der Waals surface area contributed by atoms with Gasteiger partial charge in [-0.05, 0) is 20.3 Å². The number of rotatable bonds is 0. The summed E-state index contributed by atoms with van der Waals surface area (Å²) in [4.78, 5) is 0. The van der Waals surface area contributed by atoms with E-state index in [2.05, 4.69) is 20.8 Å². The summed E-state index contributed by atoms with van der Waals surface area (Å²) in [5.74, 6) is 0. The quantitative estimate of drug-likeness (QED) is 0.542. The van der Waals surface area contributed by atoms with E-state index in [0.717, 1.165) is 13.0 Å². The summed E-state index contributed by atoms with van der Waals surface area (Å²) in [6.45, 7) is 9.09. The Bertz CT molecular complexity index is 75.6. The van der Waals surface area contributed by atoms with Crippen LogP contribution in [-0.2, 0) is 9.47 Å². The maximum Gasteiger partial charge on any atom is 0.155 e. The van der Waals surface area contributed by atoms with Gasteiger partial charge in [-0.2, -0.15) is 0 Å². The molecule has 68 valence electrons. The third kappa shape index (κ3) is 6.32. The first-order valence-electron chi connectivity index (χ1n) is 4.47. The van der Waals surface area contributed by atoms with Gasteiger partial charge in [0, 0.05) is 0 Å². The predicted octanol–water partition coefficient (Wildman–Crippen LogP) is 2.57. The smallest absolute Gasteiger partial charge is 0.155 e. The summed E-state index contributed by atoms with van der Waals surface area (Å²) < 4.78 is 10.4. The summed E-state index contributed by atoms with van der Waals surface area (Å²) in [6, 6.07) is 0. The molecule has 0 aliphatic carbocycles. The van der Waals surface area contributed by atoms with Crippen LogP contribution in [-0.4, -0.2) is 19.0 Å². The average molecular weight is 160 g/mol. The van der Waals surface area contributed by atoms with Crippen molar-refractivity contribution in [3.05, 3.63) is 0 Å². The normalized spacial score (nSPS) is 30.5. The molecule has 0 N–H and O–H groups in total. The monoisotopic (exact) mass is 160 g/mol. The first kappa shape index (κ1) is 10.9. The Kier molecular flexibility index (Phi) is 6.57. The molecule has 1 heterocycles. The van der Waals surface area contributed by atoms with Crippen molar-refractivity contribution in [3.8, 4) is 0 Å². The minimum absolute atomic E-state index is 0.0127. The standard InChI is InChI=1S/C6H12O2.C3H8/c1-5-3-4-7-6(2)8-5;1-3-2/h5-6H,3-4H2,1-2H3;3H2,1-2H3. The van der Waals surface area contributed by atoms with Gasteiger partial charge >= 0.3 is 0 Å². The Morgan fingerprint density at radius 1 is 1.27 bits per heavy atom. The highest BCUT2D eigenvalue weighted by Crippen LogP contribution is 2.09. The van der Waals surface area contributed by atoms with Crippen LogP contribution in [0.15, 0.2) is 0 Å². The van der Waals surface area contributed by atoms with Crippen molar-refractivity contribution in [2.24, 2.45) is 0 Å². The third-order valence-electron chi connectivity index (χ3n) is 1.30. The molecule has 0 aromatic heterocycles. The molecule has 0 saturated carbocycles. The molecular formula is C9H20O2. The van der Waals surface area contributed by atoms with Crippen molar-refractivity contribution >= 4 is 0 Å². The fourth-order valence-corrected chi connectivity index (χ4v) is 0.834. The van der Waals surface area contributed by atoms with E-state index in [1.807, 2.05) is 6.92 Å². The van der Waals surface area contributed by atoms with E-state index in [9.17, 15) is 0 Å². The third-order valence-corrected chi connectivity index (χ3v) is 1.30. The number of hydrogen-bond acceptors (Lipinski definition) is 2. The fraction of sp³-hybridized carbons (Fsp3) is 1.00. The predicted molar refractivity (Wildman–Crippen MR) is 46.5 cm³/mol. The van der Waals surface area contributed by atoms with Gasteiger partial charge in [-0.25, -0.2) is 0 Å². The van der Waals surface area contributed by atoms with Crippen molar-refractivity contribution in [2.45, 2.75) is 52.9 Å². The fourth-order valence-electron chi connectivity index (χ4n) is 0.834. The van der Waals surface area contributed by atoms with Gasteiger partial charge in [-0.15, -0.1) is 0 Å². The van der Waals surface area contributed by atoms with E-state index in [1.54, 1.807) is 0 Å². The van der Waals surface area contributed by atoms with Gasteiger partial charge in [0.05, 0.1) is 12.7 Å². The van der Waals surface area contributed by atoms with Crippen LogP contribution in [0, 0.1) is 0 Å².